The number of nitrogens with two attached hydrogens (primary N) is 1. The van der Waals surface area contributed by atoms with Gasteiger partial charge in [-0.1, -0.05) is 36.3 Å². The van der Waals surface area contributed by atoms with E-state index in [0.29, 0.717) is 5.25 Å². The van der Waals surface area contributed by atoms with E-state index in [4.69, 9.17) is 10.9 Å². The second-order valence-electron chi connectivity index (χ2n) is 4.56. The van der Waals surface area contributed by atoms with Crippen LogP contribution in [0.15, 0.2) is 29.4 Å². The van der Waals surface area contributed by atoms with Crippen LogP contribution in [0, 0.1) is 0 Å². The molecule has 18 heavy (non-hydrogen) atoms. The lowest BCUT2D eigenvalue weighted by Gasteiger charge is -2.30. The number of amidine groups is 1. The van der Waals surface area contributed by atoms with Gasteiger partial charge in [-0.3, -0.25) is 4.90 Å². The maximum absolute atomic E-state index is 8.81. The number of hydrogen-bond acceptors (Lipinski definition) is 4. The van der Waals surface area contributed by atoms with Crippen molar-refractivity contribution < 1.29 is 5.21 Å². The van der Waals surface area contributed by atoms with Crippen LogP contribution < -0.4 is 5.73 Å². The van der Waals surface area contributed by atoms with Gasteiger partial charge in [0.15, 0.2) is 5.84 Å². The van der Waals surface area contributed by atoms with Crippen molar-refractivity contribution >= 4 is 17.6 Å². The Labute approximate surface area is 112 Å². The molecule has 0 spiro atoms. The third-order valence-electron chi connectivity index (χ3n) is 3.12. The Morgan fingerprint density at radius 2 is 2.33 bits per heavy atom. The fourth-order valence-corrected chi connectivity index (χ4v) is 3.32. The van der Waals surface area contributed by atoms with Gasteiger partial charge in [0.2, 0.25) is 0 Å². The van der Waals surface area contributed by atoms with Crippen LogP contribution in [0.1, 0.15) is 18.1 Å². The normalized spacial score (nSPS) is 22.1. The first kappa shape index (κ1) is 13.2. The van der Waals surface area contributed by atoms with Gasteiger partial charge < -0.3 is 10.9 Å². The summed E-state index contributed by atoms with van der Waals surface area (Å²) in [5.74, 6) is 1.36. The van der Waals surface area contributed by atoms with E-state index in [2.05, 4.69) is 17.0 Å². The molecule has 0 radical (unpaired) electrons. The summed E-state index contributed by atoms with van der Waals surface area (Å²) < 4.78 is 0. The molecule has 1 heterocycles. The minimum absolute atomic E-state index is 0.185. The predicted octanol–water partition coefficient (Wildman–Crippen LogP) is 1.72. The molecule has 0 saturated carbocycles. The number of thioether (sulfide) groups is 1. The van der Waals surface area contributed by atoms with Crippen molar-refractivity contribution in [2.75, 3.05) is 18.8 Å². The first-order valence-corrected chi connectivity index (χ1v) is 7.15. The first-order valence-electron chi connectivity index (χ1n) is 6.10. The Morgan fingerprint density at radius 1 is 1.56 bits per heavy atom. The fourth-order valence-electron chi connectivity index (χ4n) is 2.24. The third kappa shape index (κ3) is 3.17. The van der Waals surface area contributed by atoms with E-state index in [0.717, 1.165) is 30.8 Å². The summed E-state index contributed by atoms with van der Waals surface area (Å²) in [6, 6.07) is 7.84. The first-order chi connectivity index (χ1) is 8.70. The van der Waals surface area contributed by atoms with Gasteiger partial charge in [0, 0.05) is 36.2 Å². The number of hydrogen-bond donors (Lipinski definition) is 2. The van der Waals surface area contributed by atoms with Crippen LogP contribution in [0.2, 0.25) is 0 Å². The molecule has 3 N–H and O–H groups in total. The highest BCUT2D eigenvalue weighted by Gasteiger charge is 2.18. The topological polar surface area (TPSA) is 61.8 Å². The highest BCUT2D eigenvalue weighted by molar-refractivity contribution is 7.99. The van der Waals surface area contributed by atoms with Gasteiger partial charge >= 0.3 is 0 Å². The maximum Gasteiger partial charge on any atom is 0.170 e. The van der Waals surface area contributed by atoms with Crippen molar-refractivity contribution in [1.82, 2.24) is 4.90 Å². The summed E-state index contributed by atoms with van der Waals surface area (Å²) >= 11 is 2.02. The number of nitrogens with zero attached hydrogens (tertiary/aromatic N) is 2. The van der Waals surface area contributed by atoms with Gasteiger partial charge in [-0.15, -0.1) is 0 Å². The van der Waals surface area contributed by atoms with E-state index in [1.54, 1.807) is 0 Å². The molecule has 2 rings (SSSR count). The molecule has 98 valence electrons. The standard InChI is InChI=1S/C13H19N3OS/c1-10-8-16(6-7-18-10)9-11-4-2-3-5-12(11)13(14)15-17/h2-5,10,17H,6-9H2,1H3,(H2,14,15). The van der Waals surface area contributed by atoms with E-state index >= 15 is 0 Å². The van der Waals surface area contributed by atoms with Crippen LogP contribution in [0.4, 0.5) is 0 Å². The average molecular weight is 265 g/mol. The molecule has 1 unspecified atom stereocenters. The smallest absolute Gasteiger partial charge is 0.170 e. The predicted molar refractivity (Wildman–Crippen MR) is 76.1 cm³/mol. The fraction of sp³-hybridized carbons (Fsp3) is 0.462. The van der Waals surface area contributed by atoms with Crippen LogP contribution in [0.3, 0.4) is 0 Å². The molecule has 0 bridgehead atoms. The molecule has 1 aliphatic rings. The molecule has 1 aromatic rings. The third-order valence-corrected chi connectivity index (χ3v) is 4.26. The van der Waals surface area contributed by atoms with Crippen molar-refractivity contribution in [1.29, 1.82) is 0 Å². The molecule has 1 atom stereocenters. The van der Waals surface area contributed by atoms with E-state index in [1.807, 2.05) is 36.0 Å². The van der Waals surface area contributed by atoms with Crippen LogP contribution in [0.25, 0.3) is 0 Å². The van der Waals surface area contributed by atoms with Gasteiger partial charge in [0.1, 0.15) is 0 Å². The molecule has 1 saturated heterocycles. The quantitative estimate of drug-likeness (QED) is 0.378. The molecule has 4 nitrogen and oxygen atoms in total. The molecular formula is C13H19N3OS. The van der Waals surface area contributed by atoms with Crippen molar-refractivity contribution in [3.8, 4) is 0 Å². The van der Waals surface area contributed by atoms with Gasteiger partial charge in [-0.2, -0.15) is 11.8 Å². The molecule has 1 aliphatic heterocycles. The second kappa shape index (κ2) is 6.11. The highest BCUT2D eigenvalue weighted by atomic mass is 32.2. The minimum Gasteiger partial charge on any atom is -0.409 e. The Bertz CT molecular complexity index is 436. The summed E-state index contributed by atoms with van der Waals surface area (Å²) in [5.41, 5.74) is 7.65. The summed E-state index contributed by atoms with van der Waals surface area (Å²) in [4.78, 5) is 2.42. The molecule has 1 aromatic carbocycles. The van der Waals surface area contributed by atoms with Crippen molar-refractivity contribution in [3.05, 3.63) is 35.4 Å². The minimum atomic E-state index is 0.185. The van der Waals surface area contributed by atoms with Crippen molar-refractivity contribution in [2.45, 2.75) is 18.7 Å². The van der Waals surface area contributed by atoms with Gasteiger partial charge in [0.05, 0.1) is 0 Å². The molecule has 0 aromatic heterocycles. The molecule has 0 amide bonds. The van der Waals surface area contributed by atoms with Crippen molar-refractivity contribution in [3.63, 3.8) is 0 Å². The van der Waals surface area contributed by atoms with Crippen LogP contribution in [0.5, 0.6) is 0 Å². The van der Waals surface area contributed by atoms with E-state index in [-0.39, 0.29) is 5.84 Å². The van der Waals surface area contributed by atoms with Gasteiger partial charge in [0.25, 0.3) is 0 Å². The molecule has 1 fully saturated rings. The Kier molecular flexibility index (Phi) is 4.49. The highest BCUT2D eigenvalue weighted by Crippen LogP contribution is 2.20. The van der Waals surface area contributed by atoms with E-state index < -0.39 is 0 Å². The van der Waals surface area contributed by atoms with Crippen LogP contribution in [-0.4, -0.2) is 40.0 Å². The Hall–Kier alpha value is -1.20. The number of benzene rings is 1. The summed E-state index contributed by atoms with van der Waals surface area (Å²) in [6.45, 7) is 5.30. The average Bonchev–Trinajstić information content (AvgIpc) is 2.38. The van der Waals surface area contributed by atoms with Crippen LogP contribution >= 0.6 is 11.8 Å². The second-order valence-corrected chi connectivity index (χ2v) is 6.11. The zero-order valence-corrected chi connectivity index (χ0v) is 11.4. The molecular weight excluding hydrogens is 246 g/mol. The lowest BCUT2D eigenvalue weighted by molar-refractivity contribution is 0.278. The maximum atomic E-state index is 8.81. The Morgan fingerprint density at radius 3 is 3.06 bits per heavy atom. The largest absolute Gasteiger partial charge is 0.409 e. The Balaban J connectivity index is 2.13. The summed E-state index contributed by atoms with van der Waals surface area (Å²) in [6.07, 6.45) is 0. The number of oxime groups is 1. The van der Waals surface area contributed by atoms with E-state index in [9.17, 15) is 0 Å². The lowest BCUT2D eigenvalue weighted by Crippen LogP contribution is -2.36. The zero-order chi connectivity index (χ0) is 13.0. The van der Waals surface area contributed by atoms with Crippen LogP contribution in [-0.2, 0) is 6.54 Å². The van der Waals surface area contributed by atoms with Gasteiger partial charge in [-0.05, 0) is 5.56 Å². The number of rotatable bonds is 3. The molecule has 5 heteroatoms. The monoisotopic (exact) mass is 265 g/mol. The van der Waals surface area contributed by atoms with Gasteiger partial charge in [-0.25, -0.2) is 0 Å². The lowest BCUT2D eigenvalue weighted by atomic mass is 10.1. The zero-order valence-electron chi connectivity index (χ0n) is 10.5. The van der Waals surface area contributed by atoms with Crippen molar-refractivity contribution in [2.24, 2.45) is 10.9 Å². The SMILES string of the molecule is CC1CN(Cc2ccccc2/C(N)=N/O)CCS1. The molecule has 0 aliphatic carbocycles. The summed E-state index contributed by atoms with van der Waals surface area (Å²) in [5, 5.41) is 12.6. The van der Waals surface area contributed by atoms with E-state index in [1.165, 1.54) is 5.75 Å². The summed E-state index contributed by atoms with van der Waals surface area (Å²) in [7, 11) is 0.